The number of hydrogen-bond acceptors (Lipinski definition) is 4. The molecule has 220 valence electrons. The first kappa shape index (κ1) is 29.7. The molecule has 0 unspecified atom stereocenters. The van der Waals surface area contributed by atoms with Crippen LogP contribution in [0.15, 0.2) is 159 Å². The van der Waals surface area contributed by atoms with Crippen molar-refractivity contribution in [3.63, 3.8) is 0 Å². The lowest BCUT2D eigenvalue weighted by molar-refractivity contribution is 0.131. The van der Waals surface area contributed by atoms with Gasteiger partial charge in [-0.3, -0.25) is 0 Å². The molecule has 0 heterocycles. The fraction of sp³-hybridized carbons (Fsp3) is 0.105. The van der Waals surface area contributed by atoms with Gasteiger partial charge in [0.2, 0.25) is 0 Å². The molecule has 6 heteroatoms. The Hall–Kier alpha value is -4.36. The highest BCUT2D eigenvalue weighted by atomic mass is 32.2. The molecule has 4 nitrogen and oxygen atoms in total. The Balaban J connectivity index is 0.000000158. The molecule has 7 aromatic rings. The first-order valence-electron chi connectivity index (χ1n) is 14.3. The van der Waals surface area contributed by atoms with E-state index in [2.05, 4.69) is 106 Å². The van der Waals surface area contributed by atoms with Crippen LogP contribution in [-0.4, -0.2) is 18.6 Å². The van der Waals surface area contributed by atoms with Crippen LogP contribution in [0.4, 0.5) is 0 Å². The standard InChI is InChI=1S/C22H23OS.C16H10O3S/c1-22(2,3)23-18-14-16-21(17-15-18)24(19-10-6-4-7-11-19)20-12-8-5-9-13-20;17-20(18,19)14-9-7-12-5-4-10-2-1-3-11-6-8-13(14)16(12)15(10)11/h4-17H,1-3H3;1-9H,(H,17,18,19)/q+1;/p-1. The minimum atomic E-state index is -4.48. The minimum absolute atomic E-state index is 0.102. The Morgan fingerprint density at radius 1 is 0.545 bits per heavy atom. The van der Waals surface area contributed by atoms with E-state index in [0.29, 0.717) is 5.39 Å². The molecule has 7 aromatic carbocycles. The summed E-state index contributed by atoms with van der Waals surface area (Å²) in [6.07, 6.45) is 0. The fourth-order valence-corrected chi connectivity index (χ4v) is 8.20. The van der Waals surface area contributed by atoms with E-state index in [0.717, 1.165) is 32.7 Å². The molecule has 0 aromatic heterocycles. The Bertz CT molecular complexity index is 2080. The van der Waals surface area contributed by atoms with Crippen molar-refractivity contribution in [2.45, 2.75) is 46.0 Å². The van der Waals surface area contributed by atoms with Gasteiger partial charge in [0.15, 0.2) is 14.7 Å². The van der Waals surface area contributed by atoms with Crippen LogP contribution in [0.5, 0.6) is 5.75 Å². The Morgan fingerprint density at radius 2 is 1.02 bits per heavy atom. The summed E-state index contributed by atoms with van der Waals surface area (Å²) in [5.74, 6) is 0.913. The van der Waals surface area contributed by atoms with E-state index in [4.69, 9.17) is 4.74 Å². The zero-order valence-corrected chi connectivity index (χ0v) is 26.4. The summed E-state index contributed by atoms with van der Waals surface area (Å²) in [7, 11) is -4.58. The van der Waals surface area contributed by atoms with Crippen LogP contribution in [-0.2, 0) is 21.0 Å². The molecule has 0 aliphatic carbocycles. The van der Waals surface area contributed by atoms with Crippen molar-refractivity contribution < 1.29 is 17.7 Å². The maximum Gasteiger partial charge on any atom is 0.166 e. The lowest BCUT2D eigenvalue weighted by Gasteiger charge is -2.21. The molecular formula is C38H32O4S2. The third kappa shape index (κ3) is 6.29. The van der Waals surface area contributed by atoms with Crippen molar-refractivity contribution in [1.29, 1.82) is 0 Å². The third-order valence-corrected chi connectivity index (χ3v) is 10.3. The molecule has 0 saturated carbocycles. The highest BCUT2D eigenvalue weighted by molar-refractivity contribution is 7.97. The van der Waals surface area contributed by atoms with Crippen LogP contribution in [0.1, 0.15) is 20.8 Å². The van der Waals surface area contributed by atoms with Crippen LogP contribution < -0.4 is 4.74 Å². The Kier molecular flexibility index (Phi) is 8.08. The van der Waals surface area contributed by atoms with E-state index >= 15 is 0 Å². The predicted octanol–water partition coefficient (Wildman–Crippen LogP) is 9.45. The molecular weight excluding hydrogens is 585 g/mol. The normalized spacial score (nSPS) is 12.0. The lowest BCUT2D eigenvalue weighted by atomic mass is 9.94. The first-order valence-corrected chi connectivity index (χ1v) is 17.0. The zero-order chi connectivity index (χ0) is 30.9. The quantitative estimate of drug-likeness (QED) is 0.110. The molecule has 0 fully saturated rings. The van der Waals surface area contributed by atoms with Crippen LogP contribution >= 0.6 is 0 Å². The largest absolute Gasteiger partial charge is 0.744 e. The molecule has 0 atom stereocenters. The first-order chi connectivity index (χ1) is 21.1. The van der Waals surface area contributed by atoms with Gasteiger partial charge in [0.05, 0.1) is 15.8 Å². The van der Waals surface area contributed by atoms with Gasteiger partial charge in [0, 0.05) is 5.39 Å². The molecule has 0 radical (unpaired) electrons. The average molecular weight is 617 g/mol. The molecule has 0 saturated heterocycles. The second kappa shape index (κ2) is 12.0. The van der Waals surface area contributed by atoms with Gasteiger partial charge in [-0.1, -0.05) is 84.9 Å². The van der Waals surface area contributed by atoms with E-state index in [-0.39, 0.29) is 21.4 Å². The minimum Gasteiger partial charge on any atom is -0.744 e. The van der Waals surface area contributed by atoms with E-state index in [1.807, 2.05) is 36.4 Å². The molecule has 0 aliphatic rings. The maximum atomic E-state index is 11.4. The summed E-state index contributed by atoms with van der Waals surface area (Å²) >= 11 is 0. The van der Waals surface area contributed by atoms with Crippen molar-refractivity contribution in [3.8, 4) is 5.75 Å². The second-order valence-electron chi connectivity index (χ2n) is 11.5. The molecule has 0 spiro atoms. The number of ether oxygens (including phenoxy) is 1. The summed E-state index contributed by atoms with van der Waals surface area (Å²) in [6.45, 7) is 6.21. The van der Waals surface area contributed by atoms with Crippen molar-refractivity contribution >= 4 is 53.3 Å². The van der Waals surface area contributed by atoms with Crippen LogP contribution in [0.3, 0.4) is 0 Å². The van der Waals surface area contributed by atoms with Gasteiger partial charge in [-0.15, -0.1) is 0 Å². The van der Waals surface area contributed by atoms with E-state index < -0.39 is 10.1 Å². The molecule has 0 amide bonds. The highest BCUT2D eigenvalue weighted by Gasteiger charge is 2.28. The van der Waals surface area contributed by atoms with Crippen molar-refractivity contribution in [2.24, 2.45) is 0 Å². The van der Waals surface area contributed by atoms with Gasteiger partial charge in [-0.05, 0) is 102 Å². The SMILES string of the molecule is CC(C)(C)Oc1ccc([S+](c2ccccc2)c2ccccc2)cc1.O=S(=O)([O-])c1ccc2ccc3cccc4ccc1c2c34. The van der Waals surface area contributed by atoms with Gasteiger partial charge in [0.1, 0.15) is 21.5 Å². The van der Waals surface area contributed by atoms with Gasteiger partial charge in [-0.2, -0.15) is 0 Å². The molecule has 0 N–H and O–H groups in total. The van der Waals surface area contributed by atoms with E-state index in [1.165, 1.54) is 20.8 Å². The molecule has 0 bridgehead atoms. The van der Waals surface area contributed by atoms with Crippen LogP contribution in [0, 0.1) is 0 Å². The lowest BCUT2D eigenvalue weighted by Crippen LogP contribution is -2.22. The Morgan fingerprint density at radius 3 is 1.55 bits per heavy atom. The smallest absolute Gasteiger partial charge is 0.166 e. The second-order valence-corrected chi connectivity index (χ2v) is 14.9. The summed E-state index contributed by atoms with van der Waals surface area (Å²) in [6, 6.07) is 46.5. The van der Waals surface area contributed by atoms with Crippen LogP contribution in [0.2, 0.25) is 0 Å². The van der Waals surface area contributed by atoms with E-state index in [9.17, 15) is 13.0 Å². The maximum absolute atomic E-state index is 11.4. The number of rotatable bonds is 5. The predicted molar refractivity (Wildman–Crippen MR) is 180 cm³/mol. The molecule has 44 heavy (non-hydrogen) atoms. The summed E-state index contributed by atoms with van der Waals surface area (Å²) in [4.78, 5) is 3.80. The van der Waals surface area contributed by atoms with Crippen molar-refractivity contribution in [1.82, 2.24) is 0 Å². The van der Waals surface area contributed by atoms with Gasteiger partial charge in [0.25, 0.3) is 0 Å². The molecule has 7 rings (SSSR count). The topological polar surface area (TPSA) is 66.4 Å². The summed E-state index contributed by atoms with van der Waals surface area (Å²) < 4.78 is 40.2. The molecule has 0 aliphatic heterocycles. The zero-order valence-electron chi connectivity index (χ0n) is 24.7. The summed E-state index contributed by atoms with van der Waals surface area (Å²) in [5.41, 5.74) is -0.179. The summed E-state index contributed by atoms with van der Waals surface area (Å²) in [5, 5.41) is 5.38. The van der Waals surface area contributed by atoms with E-state index in [1.54, 1.807) is 12.1 Å². The van der Waals surface area contributed by atoms with Crippen molar-refractivity contribution in [2.75, 3.05) is 0 Å². The van der Waals surface area contributed by atoms with Gasteiger partial charge < -0.3 is 9.29 Å². The monoisotopic (exact) mass is 616 g/mol. The fourth-order valence-electron chi connectivity index (χ4n) is 5.45. The third-order valence-electron chi connectivity index (χ3n) is 7.20. The number of benzene rings is 7. The van der Waals surface area contributed by atoms with Gasteiger partial charge in [-0.25, -0.2) is 8.42 Å². The average Bonchev–Trinajstić information content (AvgIpc) is 3.01. The van der Waals surface area contributed by atoms with Gasteiger partial charge >= 0.3 is 0 Å². The highest BCUT2D eigenvalue weighted by Crippen LogP contribution is 2.37. The Labute approximate surface area is 261 Å². The van der Waals surface area contributed by atoms with Crippen LogP contribution in [0.25, 0.3) is 32.3 Å². The number of hydrogen-bond donors (Lipinski definition) is 0. The van der Waals surface area contributed by atoms with Crippen molar-refractivity contribution in [3.05, 3.63) is 140 Å².